The van der Waals surface area contributed by atoms with Gasteiger partial charge in [0.25, 0.3) is 5.56 Å². The van der Waals surface area contributed by atoms with Crippen molar-refractivity contribution in [3.63, 3.8) is 0 Å². The highest BCUT2D eigenvalue weighted by Crippen LogP contribution is 2.21. The average Bonchev–Trinajstić information content (AvgIpc) is 3.25. The monoisotopic (exact) mass is 436 g/mol. The Balaban J connectivity index is 1.51. The van der Waals surface area contributed by atoms with E-state index < -0.39 is 0 Å². The maximum absolute atomic E-state index is 12.3. The molecule has 4 rings (SSSR count). The van der Waals surface area contributed by atoms with E-state index in [1.807, 2.05) is 24.3 Å². The van der Waals surface area contributed by atoms with Gasteiger partial charge in [0, 0.05) is 22.2 Å². The van der Waals surface area contributed by atoms with E-state index >= 15 is 0 Å². The van der Waals surface area contributed by atoms with Crippen LogP contribution in [0.1, 0.15) is 25.7 Å². The molecule has 0 aliphatic carbocycles. The number of aromatic nitrogens is 4. The molecule has 0 saturated carbocycles. The van der Waals surface area contributed by atoms with Crippen LogP contribution in [0.15, 0.2) is 70.0 Å². The molecule has 0 fully saturated rings. The molecule has 4 aromatic rings. The van der Waals surface area contributed by atoms with E-state index in [4.69, 9.17) is 20.9 Å². The molecule has 158 valence electrons. The van der Waals surface area contributed by atoms with Crippen LogP contribution in [-0.2, 0) is 6.54 Å². The number of unbranched alkanes of at least 4 members (excludes halogenated alkanes) is 1. The first-order valence-electron chi connectivity index (χ1n) is 10.0. The van der Waals surface area contributed by atoms with Crippen molar-refractivity contribution < 1.29 is 9.26 Å². The highest BCUT2D eigenvalue weighted by Gasteiger charge is 2.12. The zero-order valence-corrected chi connectivity index (χ0v) is 17.7. The van der Waals surface area contributed by atoms with E-state index in [-0.39, 0.29) is 18.0 Å². The maximum Gasteiger partial charge on any atom is 0.267 e. The van der Waals surface area contributed by atoms with Crippen LogP contribution in [-0.4, -0.2) is 26.5 Å². The number of hydrogen-bond acceptors (Lipinski definition) is 6. The molecule has 7 nitrogen and oxygen atoms in total. The first-order valence-corrected chi connectivity index (χ1v) is 10.4. The first kappa shape index (κ1) is 20.8. The molecule has 31 heavy (non-hydrogen) atoms. The van der Waals surface area contributed by atoms with Crippen molar-refractivity contribution in [2.45, 2.75) is 26.3 Å². The molecule has 0 saturated heterocycles. The highest BCUT2D eigenvalue weighted by atomic mass is 35.5. The van der Waals surface area contributed by atoms with Gasteiger partial charge in [-0.3, -0.25) is 4.79 Å². The van der Waals surface area contributed by atoms with Gasteiger partial charge in [-0.05, 0) is 61.0 Å². The van der Waals surface area contributed by atoms with Gasteiger partial charge in [-0.2, -0.15) is 10.1 Å². The molecule has 0 atom stereocenters. The minimum absolute atomic E-state index is 0.0749. The lowest BCUT2D eigenvalue weighted by atomic mass is 10.1. The van der Waals surface area contributed by atoms with E-state index in [0.29, 0.717) is 23.1 Å². The standard InChI is InChI=1S/C23H21ClN4O3/c1-2-3-14-30-19-10-6-16(7-11-19)20-12-13-22(29)28(26-20)15-21-25-23(27-31-21)17-4-8-18(24)9-5-17/h4-13H,2-3,14-15H2,1H3. The zero-order chi connectivity index (χ0) is 21.6. The number of hydrogen-bond donors (Lipinski definition) is 0. The van der Waals surface area contributed by atoms with Crippen molar-refractivity contribution in [1.82, 2.24) is 19.9 Å². The molecule has 0 spiro atoms. The van der Waals surface area contributed by atoms with Crippen LogP contribution in [0.5, 0.6) is 5.75 Å². The minimum Gasteiger partial charge on any atom is -0.494 e. The third-order valence-corrected chi connectivity index (χ3v) is 4.89. The summed E-state index contributed by atoms with van der Waals surface area (Å²) < 4.78 is 12.3. The Kier molecular flexibility index (Phi) is 6.43. The lowest BCUT2D eigenvalue weighted by Crippen LogP contribution is -2.23. The molecule has 8 heteroatoms. The van der Waals surface area contributed by atoms with Gasteiger partial charge >= 0.3 is 0 Å². The molecular weight excluding hydrogens is 416 g/mol. The molecule has 0 amide bonds. The van der Waals surface area contributed by atoms with E-state index in [0.717, 1.165) is 29.7 Å². The number of rotatable bonds is 8. The summed E-state index contributed by atoms with van der Waals surface area (Å²) in [5.41, 5.74) is 2.06. The Bertz CT molecular complexity index is 1200. The SMILES string of the molecule is CCCCOc1ccc(-c2ccc(=O)n(Cc3nc(-c4ccc(Cl)cc4)no3)n2)cc1. The average molecular weight is 437 g/mol. The smallest absolute Gasteiger partial charge is 0.267 e. The molecular formula is C23H21ClN4O3. The summed E-state index contributed by atoms with van der Waals surface area (Å²) in [5.74, 6) is 1.53. The number of ether oxygens (including phenoxy) is 1. The predicted molar refractivity (Wildman–Crippen MR) is 118 cm³/mol. The third kappa shape index (κ3) is 5.19. The molecule has 0 aliphatic rings. The number of benzene rings is 2. The maximum atomic E-state index is 12.3. The normalized spacial score (nSPS) is 10.9. The molecule has 0 unspecified atom stereocenters. The lowest BCUT2D eigenvalue weighted by Gasteiger charge is -2.07. The van der Waals surface area contributed by atoms with Crippen LogP contribution in [0.3, 0.4) is 0 Å². The molecule has 2 aromatic carbocycles. The molecule has 0 aliphatic heterocycles. The summed E-state index contributed by atoms with van der Waals surface area (Å²) in [6.07, 6.45) is 2.11. The summed E-state index contributed by atoms with van der Waals surface area (Å²) in [6, 6.07) is 17.9. The van der Waals surface area contributed by atoms with Crippen molar-refractivity contribution in [2.24, 2.45) is 0 Å². The summed E-state index contributed by atoms with van der Waals surface area (Å²) in [5, 5.41) is 9.06. The lowest BCUT2D eigenvalue weighted by molar-refractivity contribution is 0.309. The van der Waals surface area contributed by atoms with Crippen LogP contribution in [0, 0.1) is 0 Å². The topological polar surface area (TPSA) is 83.0 Å². The Morgan fingerprint density at radius 1 is 1.00 bits per heavy atom. The van der Waals surface area contributed by atoms with Crippen LogP contribution in [0.4, 0.5) is 0 Å². The van der Waals surface area contributed by atoms with Crippen LogP contribution < -0.4 is 10.3 Å². The second-order valence-corrected chi connectivity index (χ2v) is 7.40. The van der Waals surface area contributed by atoms with Gasteiger partial charge in [-0.1, -0.05) is 30.1 Å². The molecule has 2 aromatic heterocycles. The van der Waals surface area contributed by atoms with Gasteiger partial charge < -0.3 is 9.26 Å². The Morgan fingerprint density at radius 3 is 2.48 bits per heavy atom. The molecule has 0 radical (unpaired) electrons. The van der Waals surface area contributed by atoms with E-state index in [1.54, 1.807) is 30.3 Å². The Morgan fingerprint density at radius 2 is 1.74 bits per heavy atom. The van der Waals surface area contributed by atoms with Gasteiger partial charge in [-0.25, -0.2) is 4.68 Å². The van der Waals surface area contributed by atoms with Crippen LogP contribution in [0.2, 0.25) is 5.02 Å². The Labute approximate surface area is 184 Å². The van der Waals surface area contributed by atoms with E-state index in [9.17, 15) is 4.79 Å². The van der Waals surface area contributed by atoms with Crippen LogP contribution >= 0.6 is 11.6 Å². The molecule has 0 N–H and O–H groups in total. The zero-order valence-electron chi connectivity index (χ0n) is 17.0. The third-order valence-electron chi connectivity index (χ3n) is 4.64. The fourth-order valence-electron chi connectivity index (χ4n) is 2.94. The predicted octanol–water partition coefficient (Wildman–Crippen LogP) is 4.84. The van der Waals surface area contributed by atoms with Gasteiger partial charge in [0.1, 0.15) is 12.3 Å². The molecule has 2 heterocycles. The second-order valence-electron chi connectivity index (χ2n) is 6.96. The fourth-order valence-corrected chi connectivity index (χ4v) is 3.06. The quantitative estimate of drug-likeness (QED) is 0.367. The van der Waals surface area contributed by atoms with Gasteiger partial charge in [-0.15, -0.1) is 0 Å². The number of nitrogens with zero attached hydrogens (tertiary/aromatic N) is 4. The summed E-state index contributed by atoms with van der Waals surface area (Å²) >= 11 is 5.91. The van der Waals surface area contributed by atoms with E-state index in [1.165, 1.54) is 10.7 Å². The fraction of sp³-hybridized carbons (Fsp3) is 0.217. The van der Waals surface area contributed by atoms with Gasteiger partial charge in [0.2, 0.25) is 11.7 Å². The summed E-state index contributed by atoms with van der Waals surface area (Å²) in [7, 11) is 0. The Hall–Kier alpha value is -3.45. The highest BCUT2D eigenvalue weighted by molar-refractivity contribution is 6.30. The number of halogens is 1. The van der Waals surface area contributed by atoms with Crippen molar-refractivity contribution >= 4 is 11.6 Å². The minimum atomic E-state index is -0.255. The second kappa shape index (κ2) is 9.57. The van der Waals surface area contributed by atoms with Crippen molar-refractivity contribution in [3.05, 3.63) is 81.9 Å². The van der Waals surface area contributed by atoms with Gasteiger partial charge in [0.05, 0.1) is 12.3 Å². The first-order chi connectivity index (χ1) is 15.1. The van der Waals surface area contributed by atoms with Crippen LogP contribution in [0.25, 0.3) is 22.6 Å². The summed E-state index contributed by atoms with van der Waals surface area (Å²) in [6.45, 7) is 2.90. The van der Waals surface area contributed by atoms with Gasteiger partial charge in [0.15, 0.2) is 0 Å². The van der Waals surface area contributed by atoms with E-state index in [2.05, 4.69) is 22.2 Å². The summed E-state index contributed by atoms with van der Waals surface area (Å²) in [4.78, 5) is 16.7. The van der Waals surface area contributed by atoms with Crippen molar-refractivity contribution in [1.29, 1.82) is 0 Å². The largest absolute Gasteiger partial charge is 0.494 e. The van der Waals surface area contributed by atoms with Crippen molar-refractivity contribution in [2.75, 3.05) is 6.61 Å². The molecule has 0 bridgehead atoms. The van der Waals surface area contributed by atoms with Crippen molar-refractivity contribution in [3.8, 4) is 28.4 Å².